The first-order chi connectivity index (χ1) is 8.34. The van der Waals surface area contributed by atoms with Gasteiger partial charge in [0.15, 0.2) is 0 Å². The van der Waals surface area contributed by atoms with Gasteiger partial charge < -0.3 is 15.2 Å². The molecule has 0 spiro atoms. The van der Waals surface area contributed by atoms with Gasteiger partial charge in [-0.05, 0) is 39.0 Å². The standard InChI is InChI=1S/C14H27NO2/c1-13-7-4-2-3-5-8-14(13)15-9-6-11-17-12-10-16/h15-16H,2-12H2,1H3/b14-13+. The van der Waals surface area contributed by atoms with E-state index in [1.54, 1.807) is 5.57 Å². The van der Waals surface area contributed by atoms with Crippen molar-refractivity contribution < 1.29 is 9.84 Å². The Hall–Kier alpha value is -0.540. The van der Waals surface area contributed by atoms with Crippen LogP contribution in [0.1, 0.15) is 51.9 Å². The third kappa shape index (κ3) is 6.69. The maximum atomic E-state index is 8.57. The van der Waals surface area contributed by atoms with Gasteiger partial charge in [-0.3, -0.25) is 0 Å². The molecule has 0 unspecified atom stereocenters. The van der Waals surface area contributed by atoms with Gasteiger partial charge in [-0.15, -0.1) is 0 Å². The van der Waals surface area contributed by atoms with Gasteiger partial charge in [-0.25, -0.2) is 0 Å². The summed E-state index contributed by atoms with van der Waals surface area (Å²) in [7, 11) is 0. The number of aliphatic hydroxyl groups excluding tert-OH is 1. The fourth-order valence-electron chi connectivity index (χ4n) is 2.23. The van der Waals surface area contributed by atoms with Gasteiger partial charge in [0.2, 0.25) is 0 Å². The predicted molar refractivity (Wildman–Crippen MR) is 70.9 cm³/mol. The SMILES string of the molecule is C/C1=C(\NCCCOCCO)CCCCCC1. The summed E-state index contributed by atoms with van der Waals surface area (Å²) >= 11 is 0. The Morgan fingerprint density at radius 2 is 1.88 bits per heavy atom. The molecule has 1 rings (SSSR count). The number of nitrogens with one attached hydrogen (secondary N) is 1. The third-order valence-corrected chi connectivity index (χ3v) is 3.28. The van der Waals surface area contributed by atoms with Crippen molar-refractivity contribution in [3.8, 4) is 0 Å². The molecule has 0 radical (unpaired) electrons. The zero-order valence-electron chi connectivity index (χ0n) is 11.1. The number of allylic oxidation sites excluding steroid dienone is 2. The van der Waals surface area contributed by atoms with Crippen molar-refractivity contribution in [3.05, 3.63) is 11.3 Å². The summed E-state index contributed by atoms with van der Waals surface area (Å²) in [6.45, 7) is 4.56. The van der Waals surface area contributed by atoms with Crippen molar-refractivity contribution in [1.82, 2.24) is 5.32 Å². The first kappa shape index (κ1) is 14.5. The molecule has 0 aromatic carbocycles. The van der Waals surface area contributed by atoms with Crippen LogP contribution < -0.4 is 5.32 Å². The van der Waals surface area contributed by atoms with Crippen LogP contribution in [0, 0.1) is 0 Å². The number of aliphatic hydroxyl groups is 1. The lowest BCUT2D eigenvalue weighted by atomic mass is 9.98. The van der Waals surface area contributed by atoms with E-state index in [4.69, 9.17) is 9.84 Å². The molecule has 17 heavy (non-hydrogen) atoms. The molecule has 0 aromatic heterocycles. The van der Waals surface area contributed by atoms with E-state index in [0.29, 0.717) is 6.61 Å². The van der Waals surface area contributed by atoms with Crippen LogP contribution in [-0.2, 0) is 4.74 Å². The summed E-state index contributed by atoms with van der Waals surface area (Å²) in [6.07, 6.45) is 8.90. The van der Waals surface area contributed by atoms with E-state index in [-0.39, 0.29) is 6.61 Å². The summed E-state index contributed by atoms with van der Waals surface area (Å²) < 4.78 is 5.24. The molecule has 0 bridgehead atoms. The molecule has 1 aliphatic rings. The minimum atomic E-state index is 0.123. The molecule has 100 valence electrons. The van der Waals surface area contributed by atoms with Crippen molar-refractivity contribution in [3.63, 3.8) is 0 Å². The molecule has 0 saturated carbocycles. The van der Waals surface area contributed by atoms with E-state index < -0.39 is 0 Å². The average Bonchev–Trinajstić information content (AvgIpc) is 2.32. The second-order valence-electron chi connectivity index (χ2n) is 4.79. The van der Waals surface area contributed by atoms with Gasteiger partial charge in [0.1, 0.15) is 0 Å². The van der Waals surface area contributed by atoms with Gasteiger partial charge >= 0.3 is 0 Å². The maximum Gasteiger partial charge on any atom is 0.0697 e. The molecule has 0 aliphatic heterocycles. The van der Waals surface area contributed by atoms with Crippen LogP contribution in [0.4, 0.5) is 0 Å². The van der Waals surface area contributed by atoms with Crippen LogP contribution in [0.5, 0.6) is 0 Å². The van der Waals surface area contributed by atoms with Gasteiger partial charge in [0.25, 0.3) is 0 Å². The highest BCUT2D eigenvalue weighted by Gasteiger charge is 2.06. The topological polar surface area (TPSA) is 41.5 Å². The van der Waals surface area contributed by atoms with Crippen molar-refractivity contribution >= 4 is 0 Å². The summed E-state index contributed by atoms with van der Waals surface area (Å²) in [4.78, 5) is 0. The monoisotopic (exact) mass is 241 g/mol. The zero-order chi connectivity index (χ0) is 12.3. The Labute approximate surface area is 105 Å². The predicted octanol–water partition coefficient (Wildman–Crippen LogP) is 2.60. The van der Waals surface area contributed by atoms with E-state index in [0.717, 1.165) is 19.6 Å². The minimum Gasteiger partial charge on any atom is -0.394 e. The fourth-order valence-corrected chi connectivity index (χ4v) is 2.23. The number of hydrogen-bond donors (Lipinski definition) is 2. The minimum absolute atomic E-state index is 0.123. The normalized spacial score (nSPS) is 22.0. The van der Waals surface area contributed by atoms with Crippen molar-refractivity contribution in [2.24, 2.45) is 0 Å². The van der Waals surface area contributed by atoms with Gasteiger partial charge in [0, 0.05) is 18.8 Å². The van der Waals surface area contributed by atoms with E-state index in [9.17, 15) is 0 Å². The van der Waals surface area contributed by atoms with Gasteiger partial charge in [-0.1, -0.05) is 18.4 Å². The Balaban J connectivity index is 2.16. The molecule has 0 atom stereocenters. The Kier molecular flexibility index (Phi) is 8.10. The first-order valence-corrected chi connectivity index (χ1v) is 6.95. The van der Waals surface area contributed by atoms with Crippen molar-refractivity contribution in [1.29, 1.82) is 0 Å². The first-order valence-electron chi connectivity index (χ1n) is 6.95. The van der Waals surface area contributed by atoms with Crippen molar-refractivity contribution in [2.45, 2.75) is 51.9 Å². The molecular formula is C14H27NO2. The Morgan fingerprint density at radius 1 is 1.12 bits per heavy atom. The van der Waals surface area contributed by atoms with Crippen LogP contribution in [0.15, 0.2) is 11.3 Å². The molecule has 0 heterocycles. The number of rotatable bonds is 7. The lowest BCUT2D eigenvalue weighted by Gasteiger charge is -2.17. The molecule has 0 amide bonds. The highest BCUT2D eigenvalue weighted by Crippen LogP contribution is 2.20. The average molecular weight is 241 g/mol. The Bertz CT molecular complexity index is 226. The van der Waals surface area contributed by atoms with E-state index in [1.165, 1.54) is 44.2 Å². The van der Waals surface area contributed by atoms with E-state index in [1.807, 2.05) is 0 Å². The molecule has 0 fully saturated rings. The second-order valence-corrected chi connectivity index (χ2v) is 4.79. The highest BCUT2D eigenvalue weighted by molar-refractivity contribution is 5.11. The Morgan fingerprint density at radius 3 is 2.65 bits per heavy atom. The molecule has 0 aromatic rings. The number of ether oxygens (including phenoxy) is 1. The maximum absolute atomic E-state index is 8.57. The van der Waals surface area contributed by atoms with Crippen LogP contribution in [-0.4, -0.2) is 31.5 Å². The van der Waals surface area contributed by atoms with E-state index in [2.05, 4.69) is 12.2 Å². The second kappa shape index (κ2) is 9.49. The molecule has 2 N–H and O–H groups in total. The largest absolute Gasteiger partial charge is 0.394 e. The molecule has 1 aliphatic carbocycles. The summed E-state index contributed by atoms with van der Waals surface area (Å²) in [6, 6.07) is 0. The molecule has 0 saturated heterocycles. The lowest BCUT2D eigenvalue weighted by Crippen LogP contribution is -2.19. The summed E-state index contributed by atoms with van der Waals surface area (Å²) in [5.41, 5.74) is 3.01. The van der Waals surface area contributed by atoms with Crippen LogP contribution in [0.25, 0.3) is 0 Å². The number of hydrogen-bond acceptors (Lipinski definition) is 3. The van der Waals surface area contributed by atoms with E-state index >= 15 is 0 Å². The van der Waals surface area contributed by atoms with Crippen molar-refractivity contribution in [2.75, 3.05) is 26.4 Å². The molecule has 3 nitrogen and oxygen atoms in total. The van der Waals surface area contributed by atoms with Crippen LogP contribution in [0.2, 0.25) is 0 Å². The summed E-state index contributed by atoms with van der Waals surface area (Å²) in [5.74, 6) is 0. The highest BCUT2D eigenvalue weighted by atomic mass is 16.5. The van der Waals surface area contributed by atoms with Crippen LogP contribution in [0.3, 0.4) is 0 Å². The third-order valence-electron chi connectivity index (χ3n) is 3.28. The molecule has 3 heteroatoms. The smallest absolute Gasteiger partial charge is 0.0697 e. The fraction of sp³-hybridized carbons (Fsp3) is 0.857. The van der Waals surface area contributed by atoms with Crippen LogP contribution >= 0.6 is 0 Å². The summed E-state index contributed by atoms with van der Waals surface area (Å²) in [5, 5.41) is 12.1. The zero-order valence-corrected chi connectivity index (χ0v) is 11.1. The van der Waals surface area contributed by atoms with Gasteiger partial charge in [0.05, 0.1) is 13.2 Å². The van der Waals surface area contributed by atoms with Gasteiger partial charge in [-0.2, -0.15) is 0 Å². The quantitative estimate of drug-likeness (QED) is 0.673. The molecular weight excluding hydrogens is 214 g/mol. The lowest BCUT2D eigenvalue weighted by molar-refractivity contribution is 0.0910.